The molecule has 2 saturated heterocycles. The number of hydrogen-bond acceptors (Lipinski definition) is 5. The number of rotatable bonds is 3. The van der Waals surface area contributed by atoms with Crippen molar-refractivity contribution >= 4 is 17.2 Å². The predicted molar refractivity (Wildman–Crippen MR) is 91.9 cm³/mol. The lowest BCUT2D eigenvalue weighted by Gasteiger charge is -2.37. The normalized spacial score (nSPS) is 22.0. The fraction of sp³-hybridized carbons (Fsp3) is 0.444. The van der Waals surface area contributed by atoms with Gasteiger partial charge in [0.1, 0.15) is 10.7 Å². The van der Waals surface area contributed by atoms with E-state index in [0.29, 0.717) is 18.9 Å². The molecule has 0 bridgehead atoms. The molecule has 1 atom stereocenters. The number of piperidine rings is 1. The molecule has 0 spiro atoms. The number of aromatic nitrogens is 1. The van der Waals surface area contributed by atoms with Gasteiger partial charge < -0.3 is 14.4 Å². The number of likely N-dealkylation sites (tertiary alicyclic amines) is 1. The van der Waals surface area contributed by atoms with Crippen molar-refractivity contribution in [1.82, 2.24) is 9.88 Å². The van der Waals surface area contributed by atoms with Gasteiger partial charge in [0.05, 0.1) is 19.3 Å². The molecule has 2 aromatic rings. The Morgan fingerprint density at radius 2 is 1.96 bits per heavy atom. The van der Waals surface area contributed by atoms with Gasteiger partial charge in [0.2, 0.25) is 0 Å². The van der Waals surface area contributed by atoms with E-state index in [0.717, 1.165) is 36.4 Å². The molecule has 0 saturated carbocycles. The van der Waals surface area contributed by atoms with Crippen LogP contribution in [-0.4, -0.2) is 47.9 Å². The second-order valence-corrected chi connectivity index (χ2v) is 6.93. The Labute approximate surface area is 145 Å². The smallest absolute Gasteiger partial charge is 0.273 e. The molecule has 0 aliphatic carbocycles. The highest BCUT2D eigenvalue weighted by Crippen LogP contribution is 2.28. The molecule has 5 nitrogen and oxygen atoms in total. The van der Waals surface area contributed by atoms with E-state index in [2.05, 4.69) is 4.98 Å². The van der Waals surface area contributed by atoms with E-state index in [9.17, 15) is 4.79 Å². The highest BCUT2D eigenvalue weighted by Gasteiger charge is 2.37. The summed E-state index contributed by atoms with van der Waals surface area (Å²) >= 11 is 1.51. The quantitative estimate of drug-likeness (QED) is 0.858. The maximum atomic E-state index is 13.0. The van der Waals surface area contributed by atoms with Crippen LogP contribution in [-0.2, 0) is 9.47 Å². The Hall–Kier alpha value is -1.76. The molecule has 2 aliphatic heterocycles. The van der Waals surface area contributed by atoms with Crippen molar-refractivity contribution in [3.63, 3.8) is 0 Å². The summed E-state index contributed by atoms with van der Waals surface area (Å²) in [5.41, 5.74) is 1.56. The minimum atomic E-state index is -0.290. The molecule has 4 rings (SSSR count). The zero-order chi connectivity index (χ0) is 16.4. The largest absolute Gasteiger partial charge is 0.348 e. The molecule has 0 radical (unpaired) electrons. The van der Waals surface area contributed by atoms with Crippen LogP contribution in [0.5, 0.6) is 0 Å². The summed E-state index contributed by atoms with van der Waals surface area (Å²) < 4.78 is 11.3. The fourth-order valence-corrected chi connectivity index (χ4v) is 4.12. The monoisotopic (exact) mass is 344 g/mol. The summed E-state index contributed by atoms with van der Waals surface area (Å²) in [6.07, 6.45) is 2.75. The van der Waals surface area contributed by atoms with Crippen LogP contribution in [0.4, 0.5) is 0 Å². The number of nitrogens with zero attached hydrogens (tertiary/aromatic N) is 2. The van der Waals surface area contributed by atoms with Gasteiger partial charge in [0.25, 0.3) is 5.91 Å². The summed E-state index contributed by atoms with van der Waals surface area (Å²) in [7, 11) is 0. The molecule has 24 heavy (non-hydrogen) atoms. The fourth-order valence-electron chi connectivity index (χ4n) is 3.32. The molecule has 6 heteroatoms. The minimum absolute atomic E-state index is 0.00405. The van der Waals surface area contributed by atoms with Gasteiger partial charge in [-0.25, -0.2) is 4.98 Å². The first-order valence-corrected chi connectivity index (χ1v) is 9.26. The first-order valence-electron chi connectivity index (χ1n) is 8.38. The third-order valence-electron chi connectivity index (χ3n) is 4.52. The van der Waals surface area contributed by atoms with Crippen LogP contribution in [0.15, 0.2) is 35.7 Å². The van der Waals surface area contributed by atoms with Gasteiger partial charge in [-0.1, -0.05) is 30.3 Å². The molecule has 0 unspecified atom stereocenters. The first-order chi connectivity index (χ1) is 11.8. The van der Waals surface area contributed by atoms with Gasteiger partial charge in [0.15, 0.2) is 6.29 Å². The van der Waals surface area contributed by atoms with Crippen LogP contribution in [0.2, 0.25) is 0 Å². The number of amides is 1. The van der Waals surface area contributed by atoms with Crippen LogP contribution in [0.1, 0.15) is 29.8 Å². The maximum Gasteiger partial charge on any atom is 0.273 e. The zero-order valence-corrected chi connectivity index (χ0v) is 14.2. The predicted octanol–water partition coefficient (Wildman–Crippen LogP) is 3.18. The van der Waals surface area contributed by atoms with Crippen molar-refractivity contribution in [1.29, 1.82) is 0 Å². The standard InChI is InChI=1S/C18H20N2O3S/c21-17(14-12-24-16(19-14)13-6-2-1-3-7-13)20-9-5-4-8-15(20)18-22-10-11-23-18/h1-3,6-7,12,15,18H,4-5,8-11H2/t15-/m0/s1. The lowest BCUT2D eigenvalue weighted by atomic mass is 10.0. The number of hydrogen-bond donors (Lipinski definition) is 0. The topological polar surface area (TPSA) is 51.7 Å². The highest BCUT2D eigenvalue weighted by atomic mass is 32.1. The van der Waals surface area contributed by atoms with Crippen molar-refractivity contribution in [2.75, 3.05) is 19.8 Å². The summed E-state index contributed by atoms with van der Waals surface area (Å²) in [4.78, 5) is 19.4. The molecular weight excluding hydrogens is 324 g/mol. The van der Waals surface area contributed by atoms with E-state index >= 15 is 0 Å². The number of benzene rings is 1. The van der Waals surface area contributed by atoms with Gasteiger partial charge in [-0.15, -0.1) is 11.3 Å². The van der Waals surface area contributed by atoms with Crippen LogP contribution in [0.25, 0.3) is 10.6 Å². The summed E-state index contributed by atoms with van der Waals surface area (Å²) in [5.74, 6) is -0.0165. The van der Waals surface area contributed by atoms with Crippen LogP contribution < -0.4 is 0 Å². The second kappa shape index (κ2) is 7.01. The molecular formula is C18H20N2O3S. The van der Waals surface area contributed by atoms with E-state index in [1.165, 1.54) is 11.3 Å². The number of ether oxygens (including phenoxy) is 2. The second-order valence-electron chi connectivity index (χ2n) is 6.08. The average molecular weight is 344 g/mol. The van der Waals surface area contributed by atoms with Gasteiger partial charge in [-0.05, 0) is 19.3 Å². The van der Waals surface area contributed by atoms with Gasteiger partial charge in [-0.3, -0.25) is 4.79 Å². The van der Waals surface area contributed by atoms with Crippen LogP contribution >= 0.6 is 11.3 Å². The summed E-state index contributed by atoms with van der Waals surface area (Å²) in [5, 5.41) is 2.73. The Morgan fingerprint density at radius 3 is 2.75 bits per heavy atom. The Kier molecular flexibility index (Phi) is 4.60. The van der Waals surface area contributed by atoms with E-state index < -0.39 is 0 Å². The number of carbonyl (C=O) groups excluding carboxylic acids is 1. The van der Waals surface area contributed by atoms with E-state index in [1.54, 1.807) is 0 Å². The van der Waals surface area contributed by atoms with Gasteiger partial charge >= 0.3 is 0 Å². The number of carbonyl (C=O) groups is 1. The van der Waals surface area contributed by atoms with Crippen molar-refractivity contribution in [3.8, 4) is 10.6 Å². The lowest BCUT2D eigenvalue weighted by molar-refractivity contribution is -0.100. The van der Waals surface area contributed by atoms with E-state index in [-0.39, 0.29) is 18.2 Å². The van der Waals surface area contributed by atoms with Crippen LogP contribution in [0, 0.1) is 0 Å². The van der Waals surface area contributed by atoms with Crippen molar-refractivity contribution in [3.05, 3.63) is 41.4 Å². The third-order valence-corrected chi connectivity index (χ3v) is 5.41. The van der Waals surface area contributed by atoms with Crippen molar-refractivity contribution < 1.29 is 14.3 Å². The van der Waals surface area contributed by atoms with E-state index in [1.807, 2.05) is 40.6 Å². The molecule has 1 amide bonds. The first kappa shape index (κ1) is 15.7. The molecule has 126 valence electrons. The SMILES string of the molecule is O=C(c1csc(-c2ccccc2)n1)N1CCCC[C@H]1C1OCCO1. The summed E-state index contributed by atoms with van der Waals surface area (Å²) in [6.45, 7) is 1.96. The van der Waals surface area contributed by atoms with Crippen LogP contribution in [0.3, 0.4) is 0 Å². The average Bonchev–Trinajstić information content (AvgIpc) is 3.34. The maximum absolute atomic E-state index is 13.0. The van der Waals surface area contributed by atoms with Gasteiger partial charge in [-0.2, -0.15) is 0 Å². The molecule has 3 heterocycles. The molecule has 2 aliphatic rings. The zero-order valence-electron chi connectivity index (χ0n) is 13.4. The molecule has 2 fully saturated rings. The number of thiazole rings is 1. The minimum Gasteiger partial charge on any atom is -0.348 e. The Morgan fingerprint density at radius 1 is 1.17 bits per heavy atom. The van der Waals surface area contributed by atoms with Crippen molar-refractivity contribution in [2.24, 2.45) is 0 Å². The third kappa shape index (κ3) is 3.09. The highest BCUT2D eigenvalue weighted by molar-refractivity contribution is 7.13. The van der Waals surface area contributed by atoms with E-state index in [4.69, 9.17) is 9.47 Å². The molecule has 0 N–H and O–H groups in total. The Balaban J connectivity index is 1.54. The van der Waals surface area contributed by atoms with Crippen molar-refractivity contribution in [2.45, 2.75) is 31.6 Å². The Bertz CT molecular complexity index is 697. The summed E-state index contributed by atoms with van der Waals surface area (Å²) in [6, 6.07) is 9.95. The molecule has 1 aromatic carbocycles. The lowest BCUT2D eigenvalue weighted by Crippen LogP contribution is -2.50. The molecule has 1 aromatic heterocycles. The van der Waals surface area contributed by atoms with Gasteiger partial charge in [0, 0.05) is 17.5 Å².